The number of ether oxygens (including phenoxy) is 1. The Morgan fingerprint density at radius 1 is 1.29 bits per heavy atom. The van der Waals surface area contributed by atoms with Crippen molar-refractivity contribution in [2.75, 3.05) is 32.1 Å². The Morgan fingerprint density at radius 2 is 2.04 bits per heavy atom. The normalized spacial score (nSPS) is 17.5. The van der Waals surface area contributed by atoms with Gasteiger partial charge in [-0.2, -0.15) is 13.2 Å². The highest BCUT2D eigenvalue weighted by Gasteiger charge is 2.31. The summed E-state index contributed by atoms with van der Waals surface area (Å²) < 4.78 is 44.6. The van der Waals surface area contributed by atoms with E-state index in [0.29, 0.717) is 17.9 Å². The number of hydrogen-bond donors (Lipinski definition) is 1. The molecule has 150 valence electrons. The summed E-state index contributed by atoms with van der Waals surface area (Å²) in [5.41, 5.74) is 0.186. The lowest BCUT2D eigenvalue weighted by Gasteiger charge is -2.15. The largest absolute Gasteiger partial charge is 0.449 e. The Morgan fingerprint density at radius 3 is 2.71 bits per heavy atom. The summed E-state index contributed by atoms with van der Waals surface area (Å²) in [6, 6.07) is 9.88. The summed E-state index contributed by atoms with van der Waals surface area (Å²) in [5, 5.41) is 2.59. The van der Waals surface area contributed by atoms with Gasteiger partial charge >= 0.3 is 12.3 Å². The first-order valence-electron chi connectivity index (χ1n) is 8.82. The van der Waals surface area contributed by atoms with Gasteiger partial charge in [0.15, 0.2) is 0 Å². The summed E-state index contributed by atoms with van der Waals surface area (Å²) in [4.78, 5) is 14.3. The maximum atomic E-state index is 13.1. The molecule has 1 amide bonds. The Bertz CT molecular complexity index is 858. The number of nitrogens with one attached hydrogen (secondary N) is 1. The van der Waals surface area contributed by atoms with Crippen molar-refractivity contribution < 1.29 is 22.7 Å². The molecule has 0 unspecified atom stereocenters. The van der Waals surface area contributed by atoms with E-state index >= 15 is 0 Å². The van der Waals surface area contributed by atoms with Crippen molar-refractivity contribution in [3.63, 3.8) is 0 Å². The third kappa shape index (κ3) is 5.17. The van der Waals surface area contributed by atoms with E-state index < -0.39 is 17.8 Å². The standard InChI is InChI=1S/C20H20ClF3N2O2/c1-26-7-6-13(11-26)12-28-19(27)25-18-5-3-2-4-17(18)14-8-15(20(22,23)24)10-16(21)9-14/h2-5,8-10,13H,6-7,11-12H2,1H3,(H,25,27)/t13-/m1/s1. The number of amides is 1. The first kappa shape index (κ1) is 20.5. The van der Waals surface area contributed by atoms with E-state index in [1.165, 1.54) is 6.07 Å². The Kier molecular flexibility index (Phi) is 6.15. The molecule has 4 nitrogen and oxygen atoms in total. The van der Waals surface area contributed by atoms with E-state index in [9.17, 15) is 18.0 Å². The van der Waals surface area contributed by atoms with Crippen LogP contribution in [0.25, 0.3) is 11.1 Å². The zero-order valence-electron chi connectivity index (χ0n) is 15.2. The molecule has 2 aromatic rings. The van der Waals surface area contributed by atoms with E-state index in [2.05, 4.69) is 10.2 Å². The second-order valence-corrected chi connectivity index (χ2v) is 7.35. The molecular weight excluding hydrogens is 393 g/mol. The van der Waals surface area contributed by atoms with E-state index in [0.717, 1.165) is 31.6 Å². The van der Waals surface area contributed by atoms with Crippen molar-refractivity contribution >= 4 is 23.4 Å². The number of benzene rings is 2. The van der Waals surface area contributed by atoms with Crippen LogP contribution in [0.5, 0.6) is 0 Å². The number of nitrogens with zero attached hydrogens (tertiary/aromatic N) is 1. The predicted octanol–water partition coefficient (Wildman–Crippen LogP) is 5.53. The van der Waals surface area contributed by atoms with Gasteiger partial charge < -0.3 is 9.64 Å². The number of anilines is 1. The van der Waals surface area contributed by atoms with Crippen LogP contribution < -0.4 is 5.32 Å². The van der Waals surface area contributed by atoms with Crippen molar-refractivity contribution in [3.05, 3.63) is 53.1 Å². The molecule has 1 N–H and O–H groups in total. The van der Waals surface area contributed by atoms with Crippen molar-refractivity contribution in [2.45, 2.75) is 12.6 Å². The number of halogens is 4. The zero-order chi connectivity index (χ0) is 20.3. The number of hydrogen-bond acceptors (Lipinski definition) is 3. The third-order valence-electron chi connectivity index (χ3n) is 4.64. The minimum Gasteiger partial charge on any atom is -0.449 e. The van der Waals surface area contributed by atoms with Crippen LogP contribution in [0, 0.1) is 5.92 Å². The average molecular weight is 413 g/mol. The lowest BCUT2D eigenvalue weighted by Crippen LogP contribution is -2.21. The molecule has 0 bridgehead atoms. The average Bonchev–Trinajstić information content (AvgIpc) is 3.04. The van der Waals surface area contributed by atoms with Gasteiger partial charge in [0.25, 0.3) is 0 Å². The highest BCUT2D eigenvalue weighted by molar-refractivity contribution is 6.31. The molecule has 0 radical (unpaired) electrons. The van der Waals surface area contributed by atoms with Crippen LogP contribution in [0.3, 0.4) is 0 Å². The molecule has 1 saturated heterocycles. The summed E-state index contributed by atoms with van der Waals surface area (Å²) in [5.74, 6) is 0.285. The van der Waals surface area contributed by atoms with Crippen molar-refractivity contribution in [1.82, 2.24) is 4.90 Å². The molecule has 8 heteroatoms. The summed E-state index contributed by atoms with van der Waals surface area (Å²) in [6.45, 7) is 2.13. The van der Waals surface area contributed by atoms with Crippen LogP contribution in [-0.2, 0) is 10.9 Å². The number of rotatable bonds is 4. The molecule has 0 aromatic heterocycles. The van der Waals surface area contributed by atoms with Gasteiger partial charge in [0.1, 0.15) is 0 Å². The molecule has 1 aliphatic heterocycles. The van der Waals surface area contributed by atoms with Crippen molar-refractivity contribution in [1.29, 1.82) is 0 Å². The van der Waals surface area contributed by atoms with Crippen molar-refractivity contribution in [2.24, 2.45) is 5.92 Å². The second-order valence-electron chi connectivity index (χ2n) is 6.91. The fraction of sp³-hybridized carbons (Fsp3) is 0.350. The molecule has 3 rings (SSSR count). The number of para-hydroxylation sites is 1. The fourth-order valence-corrected chi connectivity index (χ4v) is 3.49. The zero-order valence-corrected chi connectivity index (χ0v) is 16.0. The molecule has 2 aromatic carbocycles. The van der Waals surface area contributed by atoms with Gasteiger partial charge in [-0.05, 0) is 49.8 Å². The van der Waals surface area contributed by atoms with Gasteiger partial charge in [-0.1, -0.05) is 29.8 Å². The summed E-state index contributed by atoms with van der Waals surface area (Å²) in [6.07, 6.45) is -4.20. The molecule has 1 aliphatic rings. The summed E-state index contributed by atoms with van der Waals surface area (Å²) >= 11 is 5.88. The molecular formula is C20H20ClF3N2O2. The smallest absolute Gasteiger partial charge is 0.416 e. The lowest BCUT2D eigenvalue weighted by atomic mass is 10.0. The SMILES string of the molecule is CN1CC[C@@H](COC(=O)Nc2ccccc2-c2cc(Cl)cc(C(F)(F)F)c2)C1. The van der Waals surface area contributed by atoms with Gasteiger partial charge in [0, 0.05) is 23.0 Å². The van der Waals surface area contributed by atoms with Gasteiger partial charge in [0.2, 0.25) is 0 Å². The predicted molar refractivity (Wildman–Crippen MR) is 102 cm³/mol. The molecule has 0 saturated carbocycles. The highest BCUT2D eigenvalue weighted by Crippen LogP contribution is 2.36. The van der Waals surface area contributed by atoms with Crippen LogP contribution in [0.1, 0.15) is 12.0 Å². The molecule has 0 aliphatic carbocycles. The van der Waals surface area contributed by atoms with E-state index in [1.54, 1.807) is 24.3 Å². The maximum Gasteiger partial charge on any atom is 0.416 e. The highest BCUT2D eigenvalue weighted by atomic mass is 35.5. The third-order valence-corrected chi connectivity index (χ3v) is 4.86. The summed E-state index contributed by atoms with van der Waals surface area (Å²) in [7, 11) is 2.01. The van der Waals surface area contributed by atoms with Gasteiger partial charge in [0.05, 0.1) is 17.9 Å². The minimum atomic E-state index is -4.52. The van der Waals surface area contributed by atoms with Gasteiger partial charge in [-0.15, -0.1) is 0 Å². The number of carbonyl (C=O) groups excluding carboxylic acids is 1. The monoisotopic (exact) mass is 412 g/mol. The van der Waals surface area contributed by atoms with Crippen LogP contribution >= 0.6 is 11.6 Å². The van der Waals surface area contributed by atoms with E-state index in [1.807, 2.05) is 7.05 Å². The van der Waals surface area contributed by atoms with Crippen molar-refractivity contribution in [3.8, 4) is 11.1 Å². The fourth-order valence-electron chi connectivity index (χ4n) is 3.25. The Hall–Kier alpha value is -2.25. The lowest BCUT2D eigenvalue weighted by molar-refractivity contribution is -0.137. The van der Waals surface area contributed by atoms with Gasteiger partial charge in [-0.25, -0.2) is 4.79 Å². The molecule has 1 fully saturated rings. The molecule has 28 heavy (non-hydrogen) atoms. The molecule has 1 atom stereocenters. The topological polar surface area (TPSA) is 41.6 Å². The molecule has 1 heterocycles. The number of alkyl halides is 3. The minimum absolute atomic E-state index is 0.0347. The van der Waals surface area contributed by atoms with Crippen LogP contribution in [-0.4, -0.2) is 37.7 Å². The quantitative estimate of drug-likeness (QED) is 0.718. The van der Waals surface area contributed by atoms with E-state index in [4.69, 9.17) is 16.3 Å². The second kappa shape index (κ2) is 8.41. The van der Waals surface area contributed by atoms with Crippen LogP contribution in [0.2, 0.25) is 5.02 Å². The Labute approximate surface area is 166 Å². The number of likely N-dealkylation sites (tertiary alicyclic amines) is 1. The first-order chi connectivity index (χ1) is 13.2. The maximum absolute atomic E-state index is 13.1. The van der Waals surface area contributed by atoms with Crippen LogP contribution in [0.15, 0.2) is 42.5 Å². The number of carbonyl (C=O) groups is 1. The first-order valence-corrected chi connectivity index (χ1v) is 9.19. The van der Waals surface area contributed by atoms with Gasteiger partial charge in [-0.3, -0.25) is 5.32 Å². The Balaban J connectivity index is 1.76. The van der Waals surface area contributed by atoms with Crippen LogP contribution in [0.4, 0.5) is 23.7 Å². The molecule has 0 spiro atoms. The van der Waals surface area contributed by atoms with E-state index in [-0.39, 0.29) is 16.5 Å².